The van der Waals surface area contributed by atoms with Crippen LogP contribution in [0.3, 0.4) is 0 Å². The van der Waals surface area contributed by atoms with Crippen LogP contribution in [0, 0.1) is 0 Å². The fourth-order valence-corrected chi connectivity index (χ4v) is 2.40. The van der Waals surface area contributed by atoms with Crippen LogP contribution in [0.2, 0.25) is 0 Å². The van der Waals surface area contributed by atoms with E-state index >= 15 is 0 Å². The second-order valence-corrected chi connectivity index (χ2v) is 5.28. The molecule has 1 aromatic heterocycles. The topological polar surface area (TPSA) is 17.8 Å². The number of rotatable bonds is 4. The average Bonchev–Trinajstić information content (AvgIpc) is 2.99. The molecule has 0 aliphatic carbocycles. The molecule has 2 nitrogen and oxygen atoms in total. The molecule has 21 heavy (non-hydrogen) atoms. The molecule has 0 bridgehead atoms. The highest BCUT2D eigenvalue weighted by Crippen LogP contribution is 2.24. The van der Waals surface area contributed by atoms with Gasteiger partial charge in [-0.25, -0.2) is 4.68 Å². The molecule has 0 radical (unpaired) electrons. The van der Waals surface area contributed by atoms with E-state index < -0.39 is 0 Å². The number of alkyl halides is 1. The molecule has 0 amide bonds. The van der Waals surface area contributed by atoms with Crippen molar-refractivity contribution < 1.29 is 0 Å². The number of para-hydroxylation sites is 1. The molecule has 0 N–H and O–H groups in total. The number of nitrogens with zero attached hydrogens (tertiary/aromatic N) is 2. The average molecular weight is 339 g/mol. The smallest absolute Gasteiger partial charge is 0.0999 e. The van der Waals surface area contributed by atoms with Gasteiger partial charge in [0, 0.05) is 22.7 Å². The number of hydrogen-bond acceptors (Lipinski definition) is 1. The minimum atomic E-state index is 0.831. The van der Waals surface area contributed by atoms with Crippen molar-refractivity contribution in [1.29, 1.82) is 0 Å². The molecule has 0 saturated heterocycles. The van der Waals surface area contributed by atoms with Crippen molar-refractivity contribution >= 4 is 22.0 Å². The minimum Gasteiger partial charge on any atom is -0.240 e. The van der Waals surface area contributed by atoms with Crippen molar-refractivity contribution in [2.45, 2.75) is 0 Å². The lowest BCUT2D eigenvalue weighted by Crippen LogP contribution is -1.93. The van der Waals surface area contributed by atoms with Gasteiger partial charge in [0.25, 0.3) is 0 Å². The van der Waals surface area contributed by atoms with Crippen molar-refractivity contribution in [3.8, 4) is 16.9 Å². The summed E-state index contributed by atoms with van der Waals surface area (Å²) in [5.41, 5.74) is 4.30. The molecule has 1 heterocycles. The molecule has 0 aliphatic rings. The zero-order chi connectivity index (χ0) is 14.5. The summed E-state index contributed by atoms with van der Waals surface area (Å²) in [6.45, 7) is 0. The summed E-state index contributed by atoms with van der Waals surface area (Å²) in [5.74, 6) is 0. The van der Waals surface area contributed by atoms with E-state index in [0.717, 1.165) is 27.8 Å². The Morgan fingerprint density at radius 2 is 1.62 bits per heavy atom. The van der Waals surface area contributed by atoms with Crippen molar-refractivity contribution in [3.05, 3.63) is 78.5 Å². The van der Waals surface area contributed by atoms with Crippen LogP contribution in [0.1, 0.15) is 5.56 Å². The van der Waals surface area contributed by atoms with Crippen LogP contribution in [0.25, 0.3) is 23.0 Å². The minimum absolute atomic E-state index is 0.831. The highest BCUT2D eigenvalue weighted by Gasteiger charge is 2.09. The van der Waals surface area contributed by atoms with Gasteiger partial charge in [-0.15, -0.1) is 0 Å². The molecular weight excluding hydrogens is 324 g/mol. The van der Waals surface area contributed by atoms with Gasteiger partial charge in [0.05, 0.1) is 11.4 Å². The van der Waals surface area contributed by atoms with Crippen molar-refractivity contribution in [3.63, 3.8) is 0 Å². The maximum absolute atomic E-state index is 4.75. The van der Waals surface area contributed by atoms with Crippen LogP contribution < -0.4 is 0 Å². The predicted octanol–water partition coefficient (Wildman–Crippen LogP) is 4.95. The third kappa shape index (κ3) is 3.14. The predicted molar refractivity (Wildman–Crippen MR) is 91.8 cm³/mol. The van der Waals surface area contributed by atoms with Gasteiger partial charge in [-0.1, -0.05) is 76.6 Å². The lowest BCUT2D eigenvalue weighted by atomic mass is 10.1. The highest BCUT2D eigenvalue weighted by atomic mass is 79.9. The molecule has 0 fully saturated rings. The Morgan fingerprint density at radius 1 is 0.952 bits per heavy atom. The largest absolute Gasteiger partial charge is 0.240 e. The van der Waals surface area contributed by atoms with Gasteiger partial charge >= 0.3 is 0 Å². The number of hydrogen-bond donors (Lipinski definition) is 0. The molecule has 0 atom stereocenters. The van der Waals surface area contributed by atoms with E-state index in [2.05, 4.69) is 58.5 Å². The Hall–Kier alpha value is -2.13. The summed E-state index contributed by atoms with van der Waals surface area (Å²) in [7, 11) is 0. The zero-order valence-electron chi connectivity index (χ0n) is 11.5. The summed E-state index contributed by atoms with van der Waals surface area (Å²) in [4.78, 5) is 0. The van der Waals surface area contributed by atoms with Gasteiger partial charge in [0.2, 0.25) is 0 Å². The van der Waals surface area contributed by atoms with Crippen molar-refractivity contribution in [1.82, 2.24) is 9.78 Å². The number of aromatic nitrogens is 2. The molecule has 3 heteroatoms. The first-order valence-corrected chi connectivity index (χ1v) is 7.93. The molecule has 0 unspecified atom stereocenters. The van der Waals surface area contributed by atoms with Crippen LogP contribution in [0.4, 0.5) is 0 Å². The van der Waals surface area contributed by atoms with E-state index in [1.807, 2.05) is 41.1 Å². The lowest BCUT2D eigenvalue weighted by Gasteiger charge is -2.00. The Balaban J connectivity index is 2.10. The Labute approximate surface area is 132 Å². The normalized spacial score (nSPS) is 11.1. The van der Waals surface area contributed by atoms with Crippen LogP contribution in [-0.4, -0.2) is 15.1 Å². The van der Waals surface area contributed by atoms with Gasteiger partial charge in [0.15, 0.2) is 0 Å². The van der Waals surface area contributed by atoms with E-state index in [1.54, 1.807) is 0 Å². The number of allylic oxidation sites excluding steroid dienone is 1. The summed E-state index contributed by atoms with van der Waals surface area (Å²) >= 11 is 3.43. The van der Waals surface area contributed by atoms with Crippen molar-refractivity contribution in [2.75, 3.05) is 5.33 Å². The molecule has 0 spiro atoms. The zero-order valence-corrected chi connectivity index (χ0v) is 13.1. The standard InChI is InChI=1S/C18H15BrN2/c19-13-7-10-16-14-21(17-11-5-2-6-12-17)20-18(16)15-8-3-1-4-9-15/h1-12,14H,13H2. The van der Waals surface area contributed by atoms with Gasteiger partial charge in [-0.3, -0.25) is 0 Å². The van der Waals surface area contributed by atoms with Crippen molar-refractivity contribution in [2.24, 2.45) is 0 Å². The molecule has 2 aromatic carbocycles. The van der Waals surface area contributed by atoms with Crippen LogP contribution >= 0.6 is 15.9 Å². The van der Waals surface area contributed by atoms with Crippen LogP contribution in [-0.2, 0) is 0 Å². The van der Waals surface area contributed by atoms with E-state index in [0.29, 0.717) is 0 Å². The fraction of sp³-hybridized carbons (Fsp3) is 0.0556. The summed E-state index contributed by atoms with van der Waals surface area (Å²) < 4.78 is 1.93. The third-order valence-corrected chi connectivity index (χ3v) is 3.57. The van der Waals surface area contributed by atoms with E-state index in [1.165, 1.54) is 0 Å². The summed E-state index contributed by atoms with van der Waals surface area (Å²) in [6, 6.07) is 20.4. The van der Waals surface area contributed by atoms with Crippen LogP contribution in [0.5, 0.6) is 0 Å². The molecule has 0 saturated carbocycles. The lowest BCUT2D eigenvalue weighted by molar-refractivity contribution is 0.884. The Kier molecular flexibility index (Phi) is 4.31. The van der Waals surface area contributed by atoms with Gasteiger partial charge in [-0.05, 0) is 12.1 Å². The Bertz CT molecular complexity index is 730. The molecule has 3 rings (SSSR count). The first kappa shape index (κ1) is 13.8. The van der Waals surface area contributed by atoms with E-state index in [4.69, 9.17) is 5.10 Å². The molecule has 3 aromatic rings. The summed E-state index contributed by atoms with van der Waals surface area (Å²) in [6.07, 6.45) is 6.25. The van der Waals surface area contributed by atoms with Gasteiger partial charge < -0.3 is 0 Å². The quantitative estimate of drug-likeness (QED) is 0.615. The summed E-state index contributed by atoms with van der Waals surface area (Å²) in [5, 5.41) is 5.58. The monoisotopic (exact) mass is 338 g/mol. The second-order valence-electron chi connectivity index (χ2n) is 4.64. The van der Waals surface area contributed by atoms with Gasteiger partial charge in [-0.2, -0.15) is 5.10 Å². The molecule has 0 aliphatic heterocycles. The maximum atomic E-state index is 4.75. The van der Waals surface area contributed by atoms with E-state index in [9.17, 15) is 0 Å². The van der Waals surface area contributed by atoms with Gasteiger partial charge in [0.1, 0.15) is 0 Å². The first-order valence-electron chi connectivity index (χ1n) is 6.81. The maximum Gasteiger partial charge on any atom is 0.0999 e. The number of halogens is 1. The third-order valence-electron chi connectivity index (χ3n) is 3.20. The Morgan fingerprint density at radius 3 is 2.29 bits per heavy atom. The second kappa shape index (κ2) is 6.55. The molecule has 104 valence electrons. The number of benzene rings is 2. The molecular formula is C18H15BrN2. The van der Waals surface area contributed by atoms with E-state index in [-0.39, 0.29) is 0 Å². The highest BCUT2D eigenvalue weighted by molar-refractivity contribution is 9.09. The van der Waals surface area contributed by atoms with Crippen LogP contribution in [0.15, 0.2) is 72.9 Å². The fourth-order valence-electron chi connectivity index (χ4n) is 2.21. The first-order chi connectivity index (χ1) is 10.4. The SMILES string of the molecule is BrCC=Cc1cn(-c2ccccc2)nc1-c1ccccc1.